The van der Waals surface area contributed by atoms with Crippen molar-refractivity contribution in [2.75, 3.05) is 6.61 Å². The van der Waals surface area contributed by atoms with Crippen LogP contribution >= 0.6 is 0 Å². The first-order chi connectivity index (χ1) is 7.90. The van der Waals surface area contributed by atoms with Crippen molar-refractivity contribution in [1.29, 1.82) is 0 Å². The minimum absolute atomic E-state index is 0.385. The Kier molecular flexibility index (Phi) is 3.43. The predicted octanol–water partition coefficient (Wildman–Crippen LogP) is 2.33. The van der Waals surface area contributed by atoms with Gasteiger partial charge in [-0.2, -0.15) is 9.97 Å². The van der Waals surface area contributed by atoms with E-state index in [0.29, 0.717) is 18.4 Å². The molecule has 0 radical (unpaired) electrons. The Labute approximate surface area is 94.4 Å². The molecule has 0 fully saturated rings. The van der Waals surface area contributed by atoms with Crippen LogP contribution in [0.25, 0.3) is 11.4 Å². The van der Waals surface area contributed by atoms with E-state index in [4.69, 9.17) is 4.74 Å². The first-order valence-electron chi connectivity index (χ1n) is 5.27. The summed E-state index contributed by atoms with van der Waals surface area (Å²) < 4.78 is 5.36. The first kappa shape index (κ1) is 10.5. The Morgan fingerprint density at radius 1 is 1.12 bits per heavy atom. The van der Waals surface area contributed by atoms with E-state index in [1.54, 1.807) is 0 Å². The lowest BCUT2D eigenvalue weighted by Gasteiger charge is -2.03. The van der Waals surface area contributed by atoms with Crippen LogP contribution < -0.4 is 4.74 Å². The standard InChI is InChI=1S/C12H13N3O/c1-2-8-16-12-14-9-13-11(15-12)10-6-4-3-5-7-10/h3-7,9H,2,8H2,1H3. The topological polar surface area (TPSA) is 47.9 Å². The molecule has 4 heteroatoms. The second kappa shape index (κ2) is 5.21. The Hall–Kier alpha value is -1.97. The van der Waals surface area contributed by atoms with Crippen LogP contribution in [0.4, 0.5) is 0 Å². The van der Waals surface area contributed by atoms with Crippen molar-refractivity contribution in [2.45, 2.75) is 13.3 Å². The summed E-state index contributed by atoms with van der Waals surface area (Å²) in [6.07, 6.45) is 2.41. The lowest BCUT2D eigenvalue weighted by Crippen LogP contribution is -2.01. The zero-order chi connectivity index (χ0) is 11.2. The zero-order valence-corrected chi connectivity index (χ0v) is 9.13. The highest BCUT2D eigenvalue weighted by atomic mass is 16.5. The molecule has 16 heavy (non-hydrogen) atoms. The molecule has 0 aliphatic rings. The summed E-state index contributed by atoms with van der Waals surface area (Å²) in [6, 6.07) is 10.2. The Morgan fingerprint density at radius 2 is 1.94 bits per heavy atom. The van der Waals surface area contributed by atoms with Gasteiger partial charge in [-0.1, -0.05) is 37.3 Å². The molecule has 0 bridgehead atoms. The summed E-state index contributed by atoms with van der Waals surface area (Å²) in [4.78, 5) is 12.3. The normalized spacial score (nSPS) is 10.1. The van der Waals surface area contributed by atoms with Crippen LogP contribution in [0, 0.1) is 0 Å². The van der Waals surface area contributed by atoms with Crippen molar-refractivity contribution >= 4 is 0 Å². The van der Waals surface area contributed by atoms with Gasteiger partial charge in [0.1, 0.15) is 6.33 Å². The second-order valence-corrected chi connectivity index (χ2v) is 3.31. The van der Waals surface area contributed by atoms with E-state index in [-0.39, 0.29) is 0 Å². The molecule has 0 unspecified atom stereocenters. The van der Waals surface area contributed by atoms with Crippen LogP contribution in [0.15, 0.2) is 36.7 Å². The fourth-order valence-electron chi connectivity index (χ4n) is 1.27. The highest BCUT2D eigenvalue weighted by molar-refractivity contribution is 5.54. The van der Waals surface area contributed by atoms with E-state index in [0.717, 1.165) is 12.0 Å². The molecule has 0 N–H and O–H groups in total. The van der Waals surface area contributed by atoms with Gasteiger partial charge in [0.2, 0.25) is 0 Å². The summed E-state index contributed by atoms with van der Waals surface area (Å²) in [6.45, 7) is 2.66. The molecule has 2 rings (SSSR count). The van der Waals surface area contributed by atoms with Gasteiger partial charge in [0.05, 0.1) is 6.61 Å². The number of benzene rings is 1. The summed E-state index contributed by atoms with van der Waals surface area (Å²) in [5.74, 6) is 0.640. The molecule has 0 amide bonds. The van der Waals surface area contributed by atoms with Gasteiger partial charge in [0.25, 0.3) is 0 Å². The lowest BCUT2D eigenvalue weighted by molar-refractivity contribution is 0.291. The third kappa shape index (κ3) is 2.53. The van der Waals surface area contributed by atoms with Crippen molar-refractivity contribution < 1.29 is 4.74 Å². The molecule has 0 aliphatic heterocycles. The molecule has 4 nitrogen and oxygen atoms in total. The van der Waals surface area contributed by atoms with Gasteiger partial charge in [-0.05, 0) is 6.42 Å². The van der Waals surface area contributed by atoms with Crippen molar-refractivity contribution in [1.82, 2.24) is 15.0 Å². The van der Waals surface area contributed by atoms with Gasteiger partial charge in [0.15, 0.2) is 5.82 Å². The molecule has 0 atom stereocenters. The van der Waals surface area contributed by atoms with E-state index >= 15 is 0 Å². The monoisotopic (exact) mass is 215 g/mol. The number of hydrogen-bond donors (Lipinski definition) is 0. The number of aromatic nitrogens is 3. The minimum Gasteiger partial charge on any atom is -0.463 e. The zero-order valence-electron chi connectivity index (χ0n) is 9.13. The Morgan fingerprint density at radius 3 is 2.69 bits per heavy atom. The molecule has 0 saturated heterocycles. The van der Waals surface area contributed by atoms with Gasteiger partial charge >= 0.3 is 6.01 Å². The van der Waals surface area contributed by atoms with Crippen LogP contribution in [0.1, 0.15) is 13.3 Å². The molecular formula is C12H13N3O. The summed E-state index contributed by atoms with van der Waals surface area (Å²) in [5.41, 5.74) is 0.964. The fraction of sp³-hybridized carbons (Fsp3) is 0.250. The smallest absolute Gasteiger partial charge is 0.319 e. The minimum atomic E-state index is 0.385. The molecule has 1 aromatic heterocycles. The Balaban J connectivity index is 2.22. The van der Waals surface area contributed by atoms with E-state index in [9.17, 15) is 0 Å². The maximum absolute atomic E-state index is 5.36. The van der Waals surface area contributed by atoms with Crippen LogP contribution in [0.2, 0.25) is 0 Å². The second-order valence-electron chi connectivity index (χ2n) is 3.31. The van der Waals surface area contributed by atoms with E-state index in [1.165, 1.54) is 6.33 Å². The summed E-state index contributed by atoms with van der Waals surface area (Å²) in [5, 5.41) is 0. The number of nitrogens with zero attached hydrogens (tertiary/aromatic N) is 3. The van der Waals surface area contributed by atoms with Gasteiger partial charge in [0, 0.05) is 5.56 Å². The van der Waals surface area contributed by atoms with Gasteiger partial charge < -0.3 is 4.74 Å². The lowest BCUT2D eigenvalue weighted by atomic mass is 10.2. The third-order valence-corrected chi connectivity index (χ3v) is 2.02. The number of rotatable bonds is 4. The van der Waals surface area contributed by atoms with E-state index < -0.39 is 0 Å². The van der Waals surface area contributed by atoms with Crippen LogP contribution in [0.3, 0.4) is 0 Å². The fourth-order valence-corrected chi connectivity index (χ4v) is 1.27. The molecule has 0 aliphatic carbocycles. The molecule has 82 valence electrons. The van der Waals surface area contributed by atoms with Crippen molar-refractivity contribution in [2.24, 2.45) is 0 Å². The van der Waals surface area contributed by atoms with Crippen LogP contribution in [-0.2, 0) is 0 Å². The van der Waals surface area contributed by atoms with Gasteiger partial charge in [-0.3, -0.25) is 0 Å². The maximum atomic E-state index is 5.36. The summed E-state index contributed by atoms with van der Waals surface area (Å²) in [7, 11) is 0. The largest absolute Gasteiger partial charge is 0.463 e. The average Bonchev–Trinajstić information content (AvgIpc) is 2.38. The van der Waals surface area contributed by atoms with E-state index in [1.807, 2.05) is 37.3 Å². The molecule has 0 saturated carbocycles. The SMILES string of the molecule is CCCOc1ncnc(-c2ccccc2)n1. The molecular weight excluding hydrogens is 202 g/mol. The van der Waals surface area contributed by atoms with Crippen LogP contribution in [0.5, 0.6) is 6.01 Å². The highest BCUT2D eigenvalue weighted by Crippen LogP contribution is 2.14. The summed E-state index contributed by atoms with van der Waals surface area (Å²) >= 11 is 0. The predicted molar refractivity (Wildman–Crippen MR) is 61.0 cm³/mol. The van der Waals surface area contributed by atoms with Gasteiger partial charge in [-0.15, -0.1) is 0 Å². The number of ether oxygens (including phenoxy) is 1. The van der Waals surface area contributed by atoms with Crippen LogP contribution in [-0.4, -0.2) is 21.6 Å². The van der Waals surface area contributed by atoms with E-state index in [2.05, 4.69) is 15.0 Å². The maximum Gasteiger partial charge on any atom is 0.319 e. The molecule has 1 heterocycles. The molecule has 1 aromatic carbocycles. The highest BCUT2D eigenvalue weighted by Gasteiger charge is 2.03. The van der Waals surface area contributed by atoms with Crippen molar-refractivity contribution in [3.63, 3.8) is 0 Å². The quantitative estimate of drug-likeness (QED) is 0.785. The number of hydrogen-bond acceptors (Lipinski definition) is 4. The third-order valence-electron chi connectivity index (χ3n) is 2.02. The van der Waals surface area contributed by atoms with Gasteiger partial charge in [-0.25, -0.2) is 4.98 Å². The van der Waals surface area contributed by atoms with Crippen molar-refractivity contribution in [3.8, 4) is 17.4 Å². The molecule has 0 spiro atoms. The van der Waals surface area contributed by atoms with Crippen molar-refractivity contribution in [3.05, 3.63) is 36.7 Å². The Bertz CT molecular complexity index is 445. The molecule has 2 aromatic rings. The first-order valence-corrected chi connectivity index (χ1v) is 5.27. The average molecular weight is 215 g/mol.